The van der Waals surface area contributed by atoms with Crippen LogP contribution in [-0.2, 0) is 0 Å². The molecular formula is C21H28ClF3O. The maximum atomic E-state index is 12.3. The molecule has 0 bridgehead atoms. The Morgan fingerprint density at radius 2 is 1.38 bits per heavy atom. The van der Waals surface area contributed by atoms with Crippen LogP contribution in [0.5, 0.6) is 5.75 Å². The van der Waals surface area contributed by atoms with Crippen molar-refractivity contribution in [3.63, 3.8) is 0 Å². The SMILES string of the molecule is FC(F)(F)Oc1ccc(C2CCC([C@H]3CC[C@H](CCCl)CC3)CC2)cc1. The maximum Gasteiger partial charge on any atom is 0.573 e. The lowest BCUT2D eigenvalue weighted by Gasteiger charge is -2.38. The Morgan fingerprint density at radius 1 is 0.846 bits per heavy atom. The van der Waals surface area contributed by atoms with E-state index in [1.807, 2.05) is 0 Å². The van der Waals surface area contributed by atoms with E-state index < -0.39 is 6.36 Å². The number of benzene rings is 1. The molecule has 2 fully saturated rings. The second kappa shape index (κ2) is 8.86. The Labute approximate surface area is 159 Å². The second-order valence-corrected chi connectivity index (χ2v) is 8.36. The number of ether oxygens (including phenoxy) is 1. The van der Waals surface area contributed by atoms with E-state index in [4.69, 9.17) is 11.6 Å². The molecule has 0 saturated heterocycles. The molecule has 5 heteroatoms. The van der Waals surface area contributed by atoms with E-state index in [1.165, 1.54) is 50.7 Å². The van der Waals surface area contributed by atoms with E-state index in [-0.39, 0.29) is 5.75 Å². The van der Waals surface area contributed by atoms with Gasteiger partial charge in [-0.05, 0) is 86.3 Å². The first-order valence-corrected chi connectivity index (χ1v) is 10.4. The topological polar surface area (TPSA) is 9.23 Å². The number of alkyl halides is 4. The normalized spacial score (nSPS) is 30.2. The molecule has 0 spiro atoms. The molecule has 1 aromatic rings. The lowest BCUT2D eigenvalue weighted by atomic mass is 9.68. The van der Waals surface area contributed by atoms with Crippen LogP contribution in [0.4, 0.5) is 13.2 Å². The summed E-state index contributed by atoms with van der Waals surface area (Å²) in [7, 11) is 0. The molecule has 1 nitrogen and oxygen atoms in total. The van der Waals surface area contributed by atoms with E-state index in [1.54, 1.807) is 12.1 Å². The second-order valence-electron chi connectivity index (χ2n) is 7.99. The monoisotopic (exact) mass is 388 g/mol. The highest BCUT2D eigenvalue weighted by Crippen LogP contribution is 2.44. The zero-order valence-corrected chi connectivity index (χ0v) is 15.9. The van der Waals surface area contributed by atoms with Gasteiger partial charge in [-0.2, -0.15) is 0 Å². The molecule has 1 aromatic carbocycles. The fourth-order valence-corrected chi connectivity index (χ4v) is 5.28. The lowest BCUT2D eigenvalue weighted by molar-refractivity contribution is -0.274. The summed E-state index contributed by atoms with van der Waals surface area (Å²) >= 11 is 5.87. The minimum atomic E-state index is -4.62. The van der Waals surface area contributed by atoms with Gasteiger partial charge < -0.3 is 4.74 Å². The lowest BCUT2D eigenvalue weighted by Crippen LogP contribution is -2.25. The number of halogens is 4. The molecule has 0 atom stereocenters. The van der Waals surface area contributed by atoms with E-state index in [0.29, 0.717) is 5.92 Å². The quantitative estimate of drug-likeness (QED) is 0.481. The molecule has 0 radical (unpaired) electrons. The van der Waals surface area contributed by atoms with Crippen molar-refractivity contribution >= 4 is 11.6 Å². The van der Waals surface area contributed by atoms with Crippen LogP contribution in [0.2, 0.25) is 0 Å². The molecule has 2 aliphatic rings. The van der Waals surface area contributed by atoms with Gasteiger partial charge in [0.2, 0.25) is 0 Å². The van der Waals surface area contributed by atoms with Gasteiger partial charge in [0, 0.05) is 5.88 Å². The van der Waals surface area contributed by atoms with Gasteiger partial charge in [0.05, 0.1) is 0 Å². The summed E-state index contributed by atoms with van der Waals surface area (Å²) in [5.41, 5.74) is 1.14. The van der Waals surface area contributed by atoms with Crippen LogP contribution >= 0.6 is 11.6 Å². The van der Waals surface area contributed by atoms with Crippen molar-refractivity contribution in [2.45, 2.75) is 70.1 Å². The van der Waals surface area contributed by atoms with Gasteiger partial charge >= 0.3 is 6.36 Å². The van der Waals surface area contributed by atoms with Crippen molar-refractivity contribution in [1.29, 1.82) is 0 Å². The molecule has 0 amide bonds. The van der Waals surface area contributed by atoms with Gasteiger partial charge in [0.15, 0.2) is 0 Å². The number of hydrogen-bond acceptors (Lipinski definition) is 1. The summed E-state index contributed by atoms with van der Waals surface area (Å²) in [5, 5.41) is 0. The van der Waals surface area contributed by atoms with Crippen LogP contribution in [0.1, 0.15) is 69.3 Å². The fraction of sp³-hybridized carbons (Fsp3) is 0.714. The van der Waals surface area contributed by atoms with Gasteiger partial charge in [-0.25, -0.2) is 0 Å². The van der Waals surface area contributed by atoms with E-state index in [9.17, 15) is 13.2 Å². The van der Waals surface area contributed by atoms with Crippen LogP contribution in [0, 0.1) is 17.8 Å². The van der Waals surface area contributed by atoms with Crippen molar-refractivity contribution in [1.82, 2.24) is 0 Å². The first-order chi connectivity index (χ1) is 12.4. The van der Waals surface area contributed by atoms with Gasteiger partial charge in [-0.3, -0.25) is 0 Å². The Morgan fingerprint density at radius 3 is 1.88 bits per heavy atom. The molecule has 0 aliphatic heterocycles. The zero-order chi connectivity index (χ0) is 18.6. The molecule has 26 heavy (non-hydrogen) atoms. The summed E-state index contributed by atoms with van der Waals surface area (Å²) in [6.45, 7) is 0. The number of hydrogen-bond donors (Lipinski definition) is 0. The van der Waals surface area contributed by atoms with Gasteiger partial charge in [-0.15, -0.1) is 24.8 Å². The molecule has 0 heterocycles. The van der Waals surface area contributed by atoms with Crippen molar-refractivity contribution in [2.75, 3.05) is 5.88 Å². The molecule has 0 aromatic heterocycles. The van der Waals surface area contributed by atoms with Gasteiger partial charge in [-0.1, -0.05) is 25.0 Å². The van der Waals surface area contributed by atoms with Gasteiger partial charge in [0.25, 0.3) is 0 Å². The van der Waals surface area contributed by atoms with Crippen molar-refractivity contribution in [3.05, 3.63) is 29.8 Å². The third-order valence-electron chi connectivity index (χ3n) is 6.43. The predicted molar refractivity (Wildman–Crippen MR) is 98.6 cm³/mol. The summed E-state index contributed by atoms with van der Waals surface area (Å²) in [5.74, 6) is 3.65. The summed E-state index contributed by atoms with van der Waals surface area (Å²) < 4.78 is 40.7. The van der Waals surface area contributed by atoms with E-state index in [0.717, 1.165) is 48.5 Å². The first-order valence-electron chi connectivity index (χ1n) is 9.86. The standard InChI is InChI=1S/C21H28ClF3O/c22-14-13-15-1-3-16(4-2-15)17-5-7-18(8-6-17)19-9-11-20(12-10-19)26-21(23,24)25/h9-12,15-18H,1-8,13-14H2/t15-,16-,17?,18?. The Kier molecular flexibility index (Phi) is 6.76. The van der Waals surface area contributed by atoms with Crippen molar-refractivity contribution < 1.29 is 17.9 Å². The highest BCUT2D eigenvalue weighted by Gasteiger charge is 2.32. The Balaban J connectivity index is 1.46. The fourth-order valence-electron chi connectivity index (χ4n) is 4.97. The van der Waals surface area contributed by atoms with E-state index >= 15 is 0 Å². The maximum absolute atomic E-state index is 12.3. The molecular weight excluding hydrogens is 361 g/mol. The average molecular weight is 389 g/mol. The molecule has 2 saturated carbocycles. The average Bonchev–Trinajstić information content (AvgIpc) is 2.62. The molecule has 3 rings (SSSR count). The van der Waals surface area contributed by atoms with Crippen LogP contribution in [0.15, 0.2) is 24.3 Å². The summed E-state index contributed by atoms with van der Waals surface area (Å²) in [6.07, 6.45) is 6.68. The zero-order valence-electron chi connectivity index (χ0n) is 15.1. The van der Waals surface area contributed by atoms with Gasteiger partial charge in [0.1, 0.15) is 5.75 Å². The minimum absolute atomic E-state index is 0.136. The largest absolute Gasteiger partial charge is 0.573 e. The summed E-state index contributed by atoms with van der Waals surface area (Å²) in [6, 6.07) is 6.47. The number of rotatable bonds is 5. The third-order valence-corrected chi connectivity index (χ3v) is 6.65. The van der Waals surface area contributed by atoms with Crippen LogP contribution < -0.4 is 4.74 Å². The van der Waals surface area contributed by atoms with E-state index in [2.05, 4.69) is 4.74 Å². The predicted octanol–water partition coefficient (Wildman–Crippen LogP) is 7.29. The third kappa shape index (κ3) is 5.55. The Hall–Kier alpha value is -0.900. The highest BCUT2D eigenvalue weighted by atomic mass is 35.5. The van der Waals surface area contributed by atoms with Crippen LogP contribution in [-0.4, -0.2) is 12.2 Å². The smallest absolute Gasteiger partial charge is 0.406 e. The van der Waals surface area contributed by atoms with Crippen LogP contribution in [0.3, 0.4) is 0 Å². The molecule has 146 valence electrons. The Bertz CT molecular complexity index is 541. The van der Waals surface area contributed by atoms with Crippen LogP contribution in [0.25, 0.3) is 0 Å². The highest BCUT2D eigenvalue weighted by molar-refractivity contribution is 6.17. The summed E-state index contributed by atoms with van der Waals surface area (Å²) in [4.78, 5) is 0. The van der Waals surface area contributed by atoms with Crippen molar-refractivity contribution in [2.24, 2.45) is 17.8 Å². The molecule has 2 aliphatic carbocycles. The van der Waals surface area contributed by atoms with Crippen molar-refractivity contribution in [3.8, 4) is 5.75 Å². The molecule has 0 unspecified atom stereocenters. The first kappa shape index (κ1) is 19.9. The molecule has 0 N–H and O–H groups in total. The minimum Gasteiger partial charge on any atom is -0.406 e.